The predicted molar refractivity (Wildman–Crippen MR) is 117 cm³/mol. The zero-order valence-corrected chi connectivity index (χ0v) is 18.2. The third kappa shape index (κ3) is 4.87. The molecule has 31 heavy (non-hydrogen) atoms. The van der Waals surface area contributed by atoms with E-state index in [0.717, 1.165) is 29.7 Å². The van der Waals surface area contributed by atoms with Gasteiger partial charge in [0.2, 0.25) is 10.0 Å². The lowest BCUT2D eigenvalue weighted by molar-refractivity contribution is 0.0953. The van der Waals surface area contributed by atoms with Gasteiger partial charge in [-0.15, -0.1) is 11.3 Å². The lowest BCUT2D eigenvalue weighted by atomic mass is 10.2. The van der Waals surface area contributed by atoms with Crippen LogP contribution >= 0.6 is 11.3 Å². The van der Waals surface area contributed by atoms with Crippen molar-refractivity contribution in [3.05, 3.63) is 71.0 Å². The molecule has 8 nitrogen and oxygen atoms in total. The van der Waals surface area contributed by atoms with Crippen molar-refractivity contribution in [2.24, 2.45) is 0 Å². The van der Waals surface area contributed by atoms with Gasteiger partial charge >= 0.3 is 0 Å². The van der Waals surface area contributed by atoms with Gasteiger partial charge in [-0.1, -0.05) is 12.1 Å². The molecule has 10 heteroatoms. The van der Waals surface area contributed by atoms with Gasteiger partial charge in [-0.25, -0.2) is 8.42 Å². The zero-order valence-electron chi connectivity index (χ0n) is 16.5. The van der Waals surface area contributed by atoms with E-state index in [0.29, 0.717) is 23.0 Å². The monoisotopic (exact) mass is 459 g/mol. The molecule has 2 amide bonds. The number of carbonyl (C=O) groups excluding carboxylic acids is 2. The van der Waals surface area contributed by atoms with E-state index in [4.69, 9.17) is 4.42 Å². The fourth-order valence-corrected chi connectivity index (χ4v) is 5.57. The van der Waals surface area contributed by atoms with Crippen molar-refractivity contribution in [1.82, 2.24) is 9.62 Å². The molecule has 0 atom stereocenters. The molecule has 0 saturated carbocycles. The third-order valence-corrected chi connectivity index (χ3v) is 7.80. The normalized spacial score (nSPS) is 14.5. The zero-order chi connectivity index (χ0) is 21.8. The van der Waals surface area contributed by atoms with E-state index in [1.807, 2.05) is 0 Å². The van der Waals surface area contributed by atoms with Crippen LogP contribution in [-0.2, 0) is 16.6 Å². The highest BCUT2D eigenvalue weighted by atomic mass is 32.2. The Labute approximate surface area is 183 Å². The van der Waals surface area contributed by atoms with Crippen LogP contribution in [0.25, 0.3) is 0 Å². The summed E-state index contributed by atoms with van der Waals surface area (Å²) in [5.74, 6) is -0.477. The minimum absolute atomic E-state index is 0.189. The lowest BCUT2D eigenvalue weighted by Gasteiger charge is -2.15. The van der Waals surface area contributed by atoms with Crippen LogP contribution in [0.15, 0.2) is 64.1 Å². The average Bonchev–Trinajstić information content (AvgIpc) is 3.54. The van der Waals surface area contributed by atoms with Crippen molar-refractivity contribution in [2.45, 2.75) is 24.3 Å². The van der Waals surface area contributed by atoms with Gasteiger partial charge in [-0.05, 0) is 54.8 Å². The highest BCUT2D eigenvalue weighted by Crippen LogP contribution is 2.23. The predicted octanol–water partition coefficient (Wildman–Crippen LogP) is 3.31. The van der Waals surface area contributed by atoms with Gasteiger partial charge < -0.3 is 15.1 Å². The summed E-state index contributed by atoms with van der Waals surface area (Å²) < 4.78 is 31.7. The Kier molecular flexibility index (Phi) is 6.21. The summed E-state index contributed by atoms with van der Waals surface area (Å²) >= 11 is 1.15. The Balaban J connectivity index is 1.33. The van der Waals surface area contributed by atoms with Gasteiger partial charge in [0, 0.05) is 19.6 Å². The number of hydrogen-bond acceptors (Lipinski definition) is 6. The summed E-state index contributed by atoms with van der Waals surface area (Å²) in [6.45, 7) is 1.38. The Morgan fingerprint density at radius 1 is 1.00 bits per heavy atom. The SMILES string of the molecule is O=C(Nc1ccc(C(=O)NCc2ccc(S(=O)(=O)N3CCCC3)cc2)s1)c1ccco1. The van der Waals surface area contributed by atoms with Gasteiger partial charge in [-0.3, -0.25) is 9.59 Å². The number of carbonyl (C=O) groups is 2. The third-order valence-electron chi connectivity index (χ3n) is 4.89. The smallest absolute Gasteiger partial charge is 0.291 e. The molecular weight excluding hydrogens is 438 g/mol. The molecule has 0 radical (unpaired) electrons. The van der Waals surface area contributed by atoms with Crippen LogP contribution in [0.3, 0.4) is 0 Å². The molecule has 3 heterocycles. The maximum atomic E-state index is 12.6. The second-order valence-corrected chi connectivity index (χ2v) is 10.1. The van der Waals surface area contributed by atoms with Crippen LogP contribution in [0, 0.1) is 0 Å². The van der Waals surface area contributed by atoms with E-state index in [9.17, 15) is 18.0 Å². The van der Waals surface area contributed by atoms with Crippen molar-refractivity contribution in [1.29, 1.82) is 0 Å². The number of anilines is 1. The molecule has 1 saturated heterocycles. The van der Waals surface area contributed by atoms with Crippen LogP contribution < -0.4 is 10.6 Å². The van der Waals surface area contributed by atoms with Crippen LogP contribution in [0.2, 0.25) is 0 Å². The molecule has 162 valence electrons. The maximum absolute atomic E-state index is 12.6. The van der Waals surface area contributed by atoms with E-state index in [-0.39, 0.29) is 29.0 Å². The molecule has 0 spiro atoms. The molecule has 2 N–H and O–H groups in total. The lowest BCUT2D eigenvalue weighted by Crippen LogP contribution is -2.27. The number of benzene rings is 1. The topological polar surface area (TPSA) is 109 Å². The summed E-state index contributed by atoms with van der Waals surface area (Å²) in [5.41, 5.74) is 0.789. The summed E-state index contributed by atoms with van der Waals surface area (Å²) in [5, 5.41) is 6.02. The molecule has 3 aromatic rings. The first-order valence-electron chi connectivity index (χ1n) is 9.75. The first-order chi connectivity index (χ1) is 14.9. The Hall–Kier alpha value is -2.95. The van der Waals surface area contributed by atoms with Gasteiger partial charge in [0.05, 0.1) is 21.0 Å². The number of rotatable bonds is 7. The molecular formula is C21H21N3O5S2. The van der Waals surface area contributed by atoms with Gasteiger partial charge in [0.15, 0.2) is 5.76 Å². The largest absolute Gasteiger partial charge is 0.459 e. The number of furan rings is 1. The van der Waals surface area contributed by atoms with Crippen LogP contribution in [0.4, 0.5) is 5.00 Å². The summed E-state index contributed by atoms with van der Waals surface area (Å²) in [4.78, 5) is 25.1. The number of amides is 2. The van der Waals surface area contributed by atoms with E-state index in [1.165, 1.54) is 10.6 Å². The number of nitrogens with one attached hydrogen (secondary N) is 2. The standard InChI is InChI=1S/C21H21N3O5S2/c25-20(17-4-3-13-29-17)23-19-10-9-18(30-19)21(26)22-14-15-5-7-16(8-6-15)31(27,28)24-11-1-2-12-24/h3-10,13H,1-2,11-12,14H2,(H,22,26)(H,23,25). The molecule has 0 unspecified atom stereocenters. The van der Waals surface area contributed by atoms with Crippen molar-refractivity contribution in [3.63, 3.8) is 0 Å². The van der Waals surface area contributed by atoms with Gasteiger partial charge in [-0.2, -0.15) is 4.31 Å². The average molecular weight is 460 g/mol. The highest BCUT2D eigenvalue weighted by molar-refractivity contribution is 7.89. The second kappa shape index (κ2) is 9.04. The van der Waals surface area contributed by atoms with Crippen molar-refractivity contribution in [2.75, 3.05) is 18.4 Å². The molecule has 0 aliphatic carbocycles. The second-order valence-electron chi connectivity index (χ2n) is 7.03. The first-order valence-corrected chi connectivity index (χ1v) is 12.0. The number of sulfonamides is 1. The van der Waals surface area contributed by atoms with Crippen molar-refractivity contribution < 1.29 is 22.4 Å². The minimum Gasteiger partial charge on any atom is -0.459 e. The minimum atomic E-state index is -3.45. The first kappa shape index (κ1) is 21.3. The van der Waals surface area contributed by atoms with E-state index >= 15 is 0 Å². The Morgan fingerprint density at radius 2 is 1.74 bits per heavy atom. The van der Waals surface area contributed by atoms with Crippen LogP contribution in [0.1, 0.15) is 38.6 Å². The molecule has 1 fully saturated rings. The van der Waals surface area contributed by atoms with Crippen LogP contribution in [-0.4, -0.2) is 37.6 Å². The van der Waals surface area contributed by atoms with E-state index in [1.54, 1.807) is 48.5 Å². The number of hydrogen-bond donors (Lipinski definition) is 2. The Bertz CT molecular complexity index is 1160. The van der Waals surface area contributed by atoms with Crippen molar-refractivity contribution in [3.8, 4) is 0 Å². The molecule has 1 aromatic carbocycles. The van der Waals surface area contributed by atoms with Crippen LogP contribution in [0.5, 0.6) is 0 Å². The number of thiophene rings is 1. The molecule has 0 bridgehead atoms. The van der Waals surface area contributed by atoms with E-state index in [2.05, 4.69) is 10.6 Å². The fraction of sp³-hybridized carbons (Fsp3) is 0.238. The van der Waals surface area contributed by atoms with Crippen molar-refractivity contribution >= 4 is 38.2 Å². The highest BCUT2D eigenvalue weighted by Gasteiger charge is 2.26. The van der Waals surface area contributed by atoms with Gasteiger partial charge in [0.1, 0.15) is 0 Å². The molecule has 1 aliphatic heterocycles. The quantitative estimate of drug-likeness (QED) is 0.563. The number of nitrogens with zero attached hydrogens (tertiary/aromatic N) is 1. The summed E-state index contributed by atoms with van der Waals surface area (Å²) in [6, 6.07) is 13.0. The summed E-state index contributed by atoms with van der Waals surface area (Å²) in [6.07, 6.45) is 3.19. The maximum Gasteiger partial charge on any atom is 0.291 e. The Morgan fingerprint density at radius 3 is 2.42 bits per heavy atom. The van der Waals surface area contributed by atoms with Gasteiger partial charge in [0.25, 0.3) is 11.8 Å². The fourth-order valence-electron chi connectivity index (χ4n) is 3.23. The molecule has 2 aromatic heterocycles. The molecule has 1 aliphatic rings. The molecule has 4 rings (SSSR count). The van der Waals surface area contributed by atoms with E-state index < -0.39 is 10.0 Å². The summed E-state index contributed by atoms with van der Waals surface area (Å²) in [7, 11) is -3.45.